The van der Waals surface area contributed by atoms with E-state index >= 15 is 0 Å². The molecule has 0 saturated carbocycles. The molecule has 1 rings (SSSR count). The third-order valence-corrected chi connectivity index (χ3v) is 5.50. The van der Waals surface area contributed by atoms with Crippen molar-refractivity contribution in [1.29, 1.82) is 0 Å². The standard InChI is InChI=1S/C19H34N4O3S.HI/c1-6-20-19(21-12-7-13-26-15-16(2)3)22-14-17-8-10-18(11-9-17)27(24,25)23(4)5;/h8-11,16H,6-7,12-15H2,1-5H3,(H2,20,21,22);1H. The maximum Gasteiger partial charge on any atom is 0.242 e. The minimum atomic E-state index is -3.40. The first kappa shape index (κ1) is 27.1. The van der Waals surface area contributed by atoms with Crippen LogP contribution in [-0.2, 0) is 21.3 Å². The monoisotopic (exact) mass is 526 g/mol. The molecule has 0 fully saturated rings. The first-order chi connectivity index (χ1) is 12.8. The first-order valence-corrected chi connectivity index (χ1v) is 10.8. The maximum absolute atomic E-state index is 12.1. The number of hydrogen-bond acceptors (Lipinski definition) is 4. The van der Waals surface area contributed by atoms with E-state index in [-0.39, 0.29) is 28.9 Å². The van der Waals surface area contributed by atoms with Crippen LogP contribution in [0.25, 0.3) is 0 Å². The van der Waals surface area contributed by atoms with E-state index in [1.807, 2.05) is 6.92 Å². The van der Waals surface area contributed by atoms with Crippen LogP contribution in [0.15, 0.2) is 34.2 Å². The Kier molecular flexibility index (Phi) is 13.7. The Balaban J connectivity index is 0.00000729. The number of ether oxygens (including phenoxy) is 1. The molecule has 0 aliphatic rings. The number of sulfonamides is 1. The average Bonchev–Trinajstić information content (AvgIpc) is 2.62. The number of nitrogens with one attached hydrogen (secondary N) is 2. The molecule has 1 aromatic carbocycles. The predicted octanol–water partition coefficient (Wildman–Crippen LogP) is 2.67. The molecule has 2 N–H and O–H groups in total. The summed E-state index contributed by atoms with van der Waals surface area (Å²) in [5, 5.41) is 6.49. The molecule has 0 aromatic heterocycles. The van der Waals surface area contributed by atoms with Crippen LogP contribution in [-0.4, -0.2) is 59.1 Å². The van der Waals surface area contributed by atoms with Gasteiger partial charge in [0, 0.05) is 40.4 Å². The highest BCUT2D eigenvalue weighted by atomic mass is 127. The number of halogens is 1. The second-order valence-corrected chi connectivity index (χ2v) is 9.03. The number of rotatable bonds is 11. The summed E-state index contributed by atoms with van der Waals surface area (Å²) >= 11 is 0. The fraction of sp³-hybridized carbons (Fsp3) is 0.632. The Bertz CT molecular complexity index is 677. The van der Waals surface area contributed by atoms with Gasteiger partial charge in [-0.05, 0) is 37.0 Å². The molecule has 28 heavy (non-hydrogen) atoms. The average molecular weight is 526 g/mol. The fourth-order valence-corrected chi connectivity index (χ4v) is 3.09. The van der Waals surface area contributed by atoms with Gasteiger partial charge >= 0.3 is 0 Å². The molecule has 0 spiro atoms. The van der Waals surface area contributed by atoms with Crippen LogP contribution >= 0.6 is 24.0 Å². The van der Waals surface area contributed by atoms with Gasteiger partial charge in [-0.25, -0.2) is 17.7 Å². The van der Waals surface area contributed by atoms with Crippen molar-refractivity contribution < 1.29 is 13.2 Å². The molecule has 0 bridgehead atoms. The largest absolute Gasteiger partial charge is 0.381 e. The van der Waals surface area contributed by atoms with E-state index in [1.165, 1.54) is 18.4 Å². The first-order valence-electron chi connectivity index (χ1n) is 9.38. The van der Waals surface area contributed by atoms with Gasteiger partial charge < -0.3 is 15.4 Å². The van der Waals surface area contributed by atoms with E-state index in [9.17, 15) is 8.42 Å². The van der Waals surface area contributed by atoms with Crippen LogP contribution in [0.4, 0.5) is 0 Å². The van der Waals surface area contributed by atoms with Gasteiger partial charge in [0.1, 0.15) is 0 Å². The van der Waals surface area contributed by atoms with E-state index in [0.717, 1.165) is 44.2 Å². The van der Waals surface area contributed by atoms with Crippen LogP contribution in [0, 0.1) is 5.92 Å². The summed E-state index contributed by atoms with van der Waals surface area (Å²) < 4.78 is 31.0. The van der Waals surface area contributed by atoms with Gasteiger partial charge in [-0.15, -0.1) is 24.0 Å². The molecule has 1 aromatic rings. The van der Waals surface area contributed by atoms with Crippen molar-refractivity contribution in [3.63, 3.8) is 0 Å². The lowest BCUT2D eigenvalue weighted by Crippen LogP contribution is -2.38. The summed E-state index contributed by atoms with van der Waals surface area (Å²) in [4.78, 5) is 4.83. The SMILES string of the molecule is CCNC(=NCc1ccc(S(=O)(=O)N(C)C)cc1)NCCCOCC(C)C.I. The van der Waals surface area contributed by atoms with Crippen molar-refractivity contribution >= 4 is 40.0 Å². The van der Waals surface area contributed by atoms with E-state index in [2.05, 4.69) is 29.5 Å². The van der Waals surface area contributed by atoms with Gasteiger partial charge in [0.2, 0.25) is 10.0 Å². The van der Waals surface area contributed by atoms with E-state index < -0.39 is 10.0 Å². The van der Waals surface area contributed by atoms with E-state index in [1.54, 1.807) is 24.3 Å². The second-order valence-electron chi connectivity index (χ2n) is 6.88. The van der Waals surface area contributed by atoms with Crippen LogP contribution in [0.1, 0.15) is 32.8 Å². The molecular formula is C19H35IN4O3S. The minimum Gasteiger partial charge on any atom is -0.381 e. The topological polar surface area (TPSA) is 83.0 Å². The molecule has 162 valence electrons. The van der Waals surface area contributed by atoms with Crippen LogP contribution in [0.3, 0.4) is 0 Å². The Labute approximate surface area is 187 Å². The second kappa shape index (κ2) is 14.1. The number of hydrogen-bond donors (Lipinski definition) is 2. The zero-order valence-corrected chi connectivity index (χ0v) is 20.7. The minimum absolute atomic E-state index is 0. The number of aliphatic imine (C=N–C) groups is 1. The van der Waals surface area contributed by atoms with Gasteiger partial charge in [-0.1, -0.05) is 26.0 Å². The zero-order valence-electron chi connectivity index (χ0n) is 17.6. The lowest BCUT2D eigenvalue weighted by Gasteiger charge is -2.13. The maximum atomic E-state index is 12.1. The molecule has 9 heteroatoms. The number of nitrogens with zero attached hydrogens (tertiary/aromatic N) is 2. The summed E-state index contributed by atoms with van der Waals surface area (Å²) in [6.45, 7) is 9.83. The summed E-state index contributed by atoms with van der Waals surface area (Å²) in [6.07, 6.45) is 0.911. The predicted molar refractivity (Wildman–Crippen MR) is 126 cm³/mol. The highest BCUT2D eigenvalue weighted by Crippen LogP contribution is 2.14. The molecule has 0 heterocycles. The molecule has 0 aliphatic carbocycles. The molecule has 0 radical (unpaired) electrons. The van der Waals surface area contributed by atoms with Crippen LogP contribution in [0.5, 0.6) is 0 Å². The van der Waals surface area contributed by atoms with Crippen LogP contribution in [0.2, 0.25) is 0 Å². The number of benzene rings is 1. The van der Waals surface area contributed by atoms with Crippen LogP contribution < -0.4 is 10.6 Å². The summed E-state index contributed by atoms with van der Waals surface area (Å²) in [5.74, 6) is 1.29. The van der Waals surface area contributed by atoms with Gasteiger partial charge in [0.25, 0.3) is 0 Å². The van der Waals surface area contributed by atoms with Crippen molar-refractivity contribution in [3.8, 4) is 0 Å². The summed E-state index contributed by atoms with van der Waals surface area (Å²) in [5.41, 5.74) is 0.949. The molecule has 0 unspecified atom stereocenters. The van der Waals surface area contributed by atoms with E-state index in [0.29, 0.717) is 12.5 Å². The Hall–Kier alpha value is -0.910. The van der Waals surface area contributed by atoms with Crippen molar-refractivity contribution in [2.24, 2.45) is 10.9 Å². The van der Waals surface area contributed by atoms with Crippen molar-refractivity contribution in [3.05, 3.63) is 29.8 Å². The molecule has 0 aliphatic heterocycles. The normalized spacial score (nSPS) is 12.2. The third-order valence-electron chi connectivity index (χ3n) is 3.67. The molecule has 0 atom stereocenters. The molecule has 0 saturated heterocycles. The highest BCUT2D eigenvalue weighted by Gasteiger charge is 2.16. The highest BCUT2D eigenvalue weighted by molar-refractivity contribution is 14.0. The quantitative estimate of drug-likeness (QED) is 0.201. The molecule has 7 nitrogen and oxygen atoms in total. The lowest BCUT2D eigenvalue weighted by molar-refractivity contribution is 0.108. The molecular weight excluding hydrogens is 491 g/mol. The van der Waals surface area contributed by atoms with Gasteiger partial charge in [-0.3, -0.25) is 0 Å². The smallest absolute Gasteiger partial charge is 0.242 e. The number of guanidine groups is 1. The van der Waals surface area contributed by atoms with Gasteiger partial charge in [-0.2, -0.15) is 0 Å². The Morgan fingerprint density at radius 3 is 2.36 bits per heavy atom. The molecule has 0 amide bonds. The van der Waals surface area contributed by atoms with Gasteiger partial charge in [0.05, 0.1) is 11.4 Å². The summed E-state index contributed by atoms with van der Waals surface area (Å²) in [6, 6.07) is 6.83. The van der Waals surface area contributed by atoms with Crippen molar-refractivity contribution in [1.82, 2.24) is 14.9 Å². The fourth-order valence-electron chi connectivity index (χ4n) is 2.19. The van der Waals surface area contributed by atoms with Gasteiger partial charge in [0.15, 0.2) is 5.96 Å². The lowest BCUT2D eigenvalue weighted by atomic mass is 10.2. The zero-order chi connectivity index (χ0) is 20.3. The summed E-state index contributed by atoms with van der Waals surface area (Å²) in [7, 11) is -0.351. The van der Waals surface area contributed by atoms with Crippen molar-refractivity contribution in [2.75, 3.05) is 40.4 Å². The van der Waals surface area contributed by atoms with E-state index in [4.69, 9.17) is 4.74 Å². The van der Waals surface area contributed by atoms with Crippen molar-refractivity contribution in [2.45, 2.75) is 38.6 Å². The Morgan fingerprint density at radius 2 is 1.82 bits per heavy atom. The Morgan fingerprint density at radius 1 is 1.18 bits per heavy atom. The third kappa shape index (κ3) is 10.0.